The molecule has 1 heterocycles. The van der Waals surface area contributed by atoms with Crippen LogP contribution in [0.25, 0.3) is 0 Å². The highest BCUT2D eigenvalue weighted by atomic mass is 16.5. The molecule has 0 aliphatic heterocycles. The standard InChI is InChI=1S/C24H33N3O3/c1-4-10-19(11-5-1)16-28-22-25-23(29-17-20-12-6-2-7-13-20)27-24(26-22)30-18-21-14-8-3-9-15-21/h1-4,6,8,19-21H,5,7,9-18H2. The SMILES string of the molecule is C1=CCC(COc2nc(OCC3CC=CCC3)nc(OCC3CC=CCC3)n2)CC1. The topological polar surface area (TPSA) is 66.4 Å². The summed E-state index contributed by atoms with van der Waals surface area (Å²) in [5.41, 5.74) is 0. The van der Waals surface area contributed by atoms with Gasteiger partial charge in [0, 0.05) is 0 Å². The van der Waals surface area contributed by atoms with E-state index in [0.29, 0.717) is 55.6 Å². The first-order valence-corrected chi connectivity index (χ1v) is 11.4. The van der Waals surface area contributed by atoms with Gasteiger partial charge in [0.05, 0.1) is 19.8 Å². The van der Waals surface area contributed by atoms with Gasteiger partial charge >= 0.3 is 18.0 Å². The van der Waals surface area contributed by atoms with Crippen molar-refractivity contribution in [2.24, 2.45) is 17.8 Å². The molecule has 1 aromatic rings. The van der Waals surface area contributed by atoms with Crippen molar-refractivity contribution in [1.82, 2.24) is 15.0 Å². The van der Waals surface area contributed by atoms with Gasteiger partial charge in [-0.15, -0.1) is 15.0 Å². The fraction of sp³-hybridized carbons (Fsp3) is 0.625. The summed E-state index contributed by atoms with van der Waals surface area (Å²) in [6.07, 6.45) is 23.3. The van der Waals surface area contributed by atoms with E-state index in [4.69, 9.17) is 14.2 Å². The molecule has 0 N–H and O–H groups in total. The van der Waals surface area contributed by atoms with E-state index in [2.05, 4.69) is 51.4 Å². The minimum absolute atomic E-state index is 0.302. The lowest BCUT2D eigenvalue weighted by Gasteiger charge is -2.20. The van der Waals surface area contributed by atoms with Crippen molar-refractivity contribution >= 4 is 0 Å². The zero-order valence-corrected chi connectivity index (χ0v) is 17.7. The summed E-state index contributed by atoms with van der Waals surface area (Å²) in [5, 5.41) is 0. The normalized spacial score (nSPS) is 25.8. The molecular weight excluding hydrogens is 378 g/mol. The van der Waals surface area contributed by atoms with Crippen LogP contribution in [0.5, 0.6) is 18.0 Å². The van der Waals surface area contributed by atoms with E-state index >= 15 is 0 Å². The third-order valence-corrected chi connectivity index (χ3v) is 6.05. The molecule has 1 aromatic heterocycles. The maximum atomic E-state index is 5.93. The van der Waals surface area contributed by atoms with E-state index in [1.807, 2.05) is 0 Å². The number of allylic oxidation sites excluding steroid dienone is 6. The molecule has 0 spiro atoms. The van der Waals surface area contributed by atoms with Crippen molar-refractivity contribution in [3.63, 3.8) is 0 Å². The lowest BCUT2D eigenvalue weighted by Crippen LogP contribution is -2.18. The summed E-state index contributed by atoms with van der Waals surface area (Å²) < 4.78 is 17.8. The molecule has 4 rings (SSSR count). The third kappa shape index (κ3) is 6.57. The molecule has 0 bridgehead atoms. The van der Waals surface area contributed by atoms with Crippen LogP contribution in [0.3, 0.4) is 0 Å². The minimum Gasteiger partial charge on any atom is -0.463 e. The molecule has 0 radical (unpaired) electrons. The molecule has 0 saturated carbocycles. The molecule has 0 aromatic carbocycles. The van der Waals surface area contributed by atoms with Gasteiger partial charge in [0.1, 0.15) is 0 Å². The van der Waals surface area contributed by atoms with Gasteiger partial charge < -0.3 is 14.2 Å². The number of hydrogen-bond acceptors (Lipinski definition) is 6. The summed E-state index contributed by atoms with van der Waals surface area (Å²) >= 11 is 0. The molecule has 0 saturated heterocycles. The van der Waals surface area contributed by atoms with Crippen molar-refractivity contribution in [3.05, 3.63) is 36.5 Å². The van der Waals surface area contributed by atoms with Crippen LogP contribution < -0.4 is 14.2 Å². The Balaban J connectivity index is 1.38. The Bertz CT molecular complexity index is 650. The highest BCUT2D eigenvalue weighted by Crippen LogP contribution is 2.24. The fourth-order valence-electron chi connectivity index (χ4n) is 4.11. The van der Waals surface area contributed by atoms with Gasteiger partial charge in [-0.2, -0.15) is 0 Å². The van der Waals surface area contributed by atoms with Crippen LogP contribution in [0.4, 0.5) is 0 Å². The summed E-state index contributed by atoms with van der Waals surface area (Å²) in [7, 11) is 0. The molecule has 6 nitrogen and oxygen atoms in total. The van der Waals surface area contributed by atoms with Crippen molar-refractivity contribution in [1.29, 1.82) is 0 Å². The Morgan fingerprint density at radius 1 is 0.533 bits per heavy atom. The molecule has 3 unspecified atom stereocenters. The van der Waals surface area contributed by atoms with Gasteiger partial charge in [-0.3, -0.25) is 0 Å². The van der Waals surface area contributed by atoms with Gasteiger partial charge in [-0.05, 0) is 75.5 Å². The Morgan fingerprint density at radius 3 is 1.13 bits per heavy atom. The second kappa shape index (κ2) is 11.1. The monoisotopic (exact) mass is 411 g/mol. The first kappa shape index (κ1) is 20.9. The van der Waals surface area contributed by atoms with E-state index in [1.54, 1.807) is 0 Å². The van der Waals surface area contributed by atoms with Gasteiger partial charge in [0.2, 0.25) is 0 Å². The molecule has 0 fully saturated rings. The van der Waals surface area contributed by atoms with Gasteiger partial charge in [-0.25, -0.2) is 0 Å². The summed E-state index contributed by atoms with van der Waals surface area (Å²) in [6, 6.07) is 0.907. The molecule has 6 heteroatoms. The predicted molar refractivity (Wildman–Crippen MR) is 116 cm³/mol. The van der Waals surface area contributed by atoms with E-state index in [-0.39, 0.29) is 0 Å². The van der Waals surface area contributed by atoms with Crippen LogP contribution >= 0.6 is 0 Å². The maximum absolute atomic E-state index is 5.93. The molecule has 3 atom stereocenters. The smallest absolute Gasteiger partial charge is 0.325 e. The summed E-state index contributed by atoms with van der Waals surface area (Å²) in [6.45, 7) is 1.82. The Labute approximate surface area is 179 Å². The molecular formula is C24H33N3O3. The molecule has 3 aliphatic rings. The van der Waals surface area contributed by atoms with Crippen LogP contribution in [0, 0.1) is 17.8 Å². The number of ether oxygens (including phenoxy) is 3. The van der Waals surface area contributed by atoms with Crippen LogP contribution in [-0.4, -0.2) is 34.8 Å². The van der Waals surface area contributed by atoms with Crippen molar-refractivity contribution in [2.45, 2.75) is 57.8 Å². The Kier molecular flexibility index (Phi) is 7.75. The van der Waals surface area contributed by atoms with Crippen LogP contribution in [-0.2, 0) is 0 Å². The first-order valence-electron chi connectivity index (χ1n) is 11.4. The zero-order valence-electron chi connectivity index (χ0n) is 17.7. The fourth-order valence-corrected chi connectivity index (χ4v) is 4.11. The number of aromatic nitrogens is 3. The summed E-state index contributed by atoms with van der Waals surface area (Å²) in [5.74, 6) is 1.51. The van der Waals surface area contributed by atoms with E-state index in [9.17, 15) is 0 Å². The Morgan fingerprint density at radius 2 is 0.867 bits per heavy atom. The van der Waals surface area contributed by atoms with Crippen LogP contribution in [0.1, 0.15) is 57.8 Å². The number of hydrogen-bond donors (Lipinski definition) is 0. The minimum atomic E-state index is 0.302. The molecule has 162 valence electrons. The average molecular weight is 412 g/mol. The second-order valence-corrected chi connectivity index (χ2v) is 8.57. The maximum Gasteiger partial charge on any atom is 0.325 e. The summed E-state index contributed by atoms with van der Waals surface area (Å²) in [4.78, 5) is 13.2. The van der Waals surface area contributed by atoms with E-state index < -0.39 is 0 Å². The highest BCUT2D eigenvalue weighted by molar-refractivity contribution is 5.09. The van der Waals surface area contributed by atoms with Crippen LogP contribution in [0.15, 0.2) is 36.5 Å². The van der Waals surface area contributed by atoms with Crippen molar-refractivity contribution in [3.8, 4) is 18.0 Å². The quantitative estimate of drug-likeness (QED) is 0.528. The molecule has 3 aliphatic carbocycles. The average Bonchev–Trinajstić information content (AvgIpc) is 2.82. The number of rotatable bonds is 9. The number of nitrogens with zero attached hydrogens (tertiary/aromatic N) is 3. The molecule has 30 heavy (non-hydrogen) atoms. The van der Waals surface area contributed by atoms with E-state index in [0.717, 1.165) is 57.8 Å². The Hall–Kier alpha value is -2.37. The first-order chi connectivity index (χ1) is 14.8. The van der Waals surface area contributed by atoms with Gasteiger partial charge in [-0.1, -0.05) is 36.5 Å². The lowest BCUT2D eigenvalue weighted by molar-refractivity contribution is 0.181. The largest absolute Gasteiger partial charge is 0.463 e. The second-order valence-electron chi connectivity index (χ2n) is 8.57. The lowest BCUT2D eigenvalue weighted by atomic mass is 9.95. The highest BCUT2D eigenvalue weighted by Gasteiger charge is 2.18. The van der Waals surface area contributed by atoms with Crippen molar-refractivity contribution < 1.29 is 14.2 Å². The van der Waals surface area contributed by atoms with Crippen LogP contribution in [0.2, 0.25) is 0 Å². The van der Waals surface area contributed by atoms with Gasteiger partial charge in [0.25, 0.3) is 0 Å². The molecule has 0 amide bonds. The van der Waals surface area contributed by atoms with E-state index in [1.165, 1.54) is 0 Å². The van der Waals surface area contributed by atoms with Gasteiger partial charge in [0.15, 0.2) is 0 Å². The predicted octanol–water partition coefficient (Wildman–Crippen LogP) is 5.08. The zero-order chi connectivity index (χ0) is 20.4. The third-order valence-electron chi connectivity index (χ3n) is 6.05. The van der Waals surface area contributed by atoms with Crippen molar-refractivity contribution in [2.75, 3.05) is 19.8 Å².